The van der Waals surface area contributed by atoms with Gasteiger partial charge in [-0.25, -0.2) is 0 Å². The molecule has 2 rings (SSSR count). The minimum atomic E-state index is -4.39. The van der Waals surface area contributed by atoms with Crippen molar-refractivity contribution in [2.24, 2.45) is 0 Å². The van der Waals surface area contributed by atoms with Crippen LogP contribution < -0.4 is 4.90 Å². The van der Waals surface area contributed by atoms with Gasteiger partial charge in [0.15, 0.2) is 0 Å². The van der Waals surface area contributed by atoms with Crippen LogP contribution in [0.1, 0.15) is 31.4 Å². The van der Waals surface area contributed by atoms with Crippen LogP contribution in [0.3, 0.4) is 0 Å². The number of alkyl halides is 3. The summed E-state index contributed by atoms with van der Waals surface area (Å²) in [5.41, 5.74) is 0.580. The van der Waals surface area contributed by atoms with E-state index in [9.17, 15) is 18.0 Å². The van der Waals surface area contributed by atoms with Crippen LogP contribution in [0.2, 0.25) is 0 Å². The second kappa shape index (κ2) is 5.00. The van der Waals surface area contributed by atoms with E-state index in [4.69, 9.17) is 5.11 Å². The van der Waals surface area contributed by atoms with Crippen LogP contribution in [-0.2, 0) is 17.4 Å². The van der Waals surface area contributed by atoms with Crippen molar-refractivity contribution in [3.63, 3.8) is 0 Å². The van der Waals surface area contributed by atoms with Crippen LogP contribution in [0.4, 0.5) is 18.9 Å². The van der Waals surface area contributed by atoms with E-state index in [1.807, 2.05) is 13.8 Å². The summed E-state index contributed by atoms with van der Waals surface area (Å²) in [4.78, 5) is 12.7. The van der Waals surface area contributed by atoms with Crippen molar-refractivity contribution in [1.82, 2.24) is 0 Å². The molecule has 1 aromatic rings. The Morgan fingerprint density at radius 2 is 2.10 bits per heavy atom. The summed E-state index contributed by atoms with van der Waals surface area (Å²) in [6.07, 6.45) is -3.99. The highest BCUT2D eigenvalue weighted by atomic mass is 19.4. The van der Waals surface area contributed by atoms with E-state index in [0.29, 0.717) is 12.1 Å². The molecule has 0 radical (unpaired) electrons. The number of anilines is 1. The summed E-state index contributed by atoms with van der Waals surface area (Å²) in [6, 6.07) is 3.29. The molecular formula is C14H16F3NO2. The first-order valence-electron chi connectivity index (χ1n) is 6.40. The van der Waals surface area contributed by atoms with Crippen molar-refractivity contribution >= 4 is 11.7 Å². The highest BCUT2D eigenvalue weighted by Gasteiger charge is 2.36. The average molecular weight is 287 g/mol. The van der Waals surface area contributed by atoms with Crippen LogP contribution in [0.15, 0.2) is 18.2 Å². The Hall–Kier alpha value is -1.72. The quantitative estimate of drug-likeness (QED) is 0.927. The van der Waals surface area contributed by atoms with Crippen molar-refractivity contribution in [2.45, 2.75) is 44.9 Å². The number of nitrogens with zero attached hydrogens (tertiary/aromatic N) is 1. The number of carboxylic acid groups (broad SMARTS) is 1. The van der Waals surface area contributed by atoms with E-state index in [0.717, 1.165) is 17.7 Å². The Kier molecular flexibility index (Phi) is 3.67. The zero-order valence-corrected chi connectivity index (χ0v) is 11.2. The van der Waals surface area contributed by atoms with E-state index >= 15 is 0 Å². The molecule has 1 aromatic carbocycles. The average Bonchev–Trinajstić information content (AvgIpc) is 2.63. The Balaban J connectivity index is 2.40. The van der Waals surface area contributed by atoms with E-state index in [1.165, 1.54) is 6.07 Å². The summed E-state index contributed by atoms with van der Waals surface area (Å²) in [7, 11) is 0. The predicted molar refractivity (Wildman–Crippen MR) is 68.8 cm³/mol. The number of aliphatic carboxylic acids is 1. The van der Waals surface area contributed by atoms with Gasteiger partial charge in [-0.1, -0.05) is 6.07 Å². The van der Waals surface area contributed by atoms with Crippen molar-refractivity contribution in [3.05, 3.63) is 29.3 Å². The summed E-state index contributed by atoms with van der Waals surface area (Å²) in [6.45, 7) is 3.70. The summed E-state index contributed by atoms with van der Waals surface area (Å²) >= 11 is 0. The molecule has 0 saturated heterocycles. The van der Waals surface area contributed by atoms with Crippen LogP contribution in [0.25, 0.3) is 0 Å². The number of carboxylic acids is 1. The Labute approximate surface area is 115 Å². The van der Waals surface area contributed by atoms with Gasteiger partial charge in [-0.05, 0) is 38.0 Å². The van der Waals surface area contributed by atoms with Crippen molar-refractivity contribution in [2.75, 3.05) is 4.90 Å². The van der Waals surface area contributed by atoms with Gasteiger partial charge in [0, 0.05) is 17.8 Å². The number of benzene rings is 1. The lowest BCUT2D eigenvalue weighted by molar-refractivity contribution is -0.138. The number of hydrogen-bond donors (Lipinski definition) is 1. The maximum absolute atomic E-state index is 12.8. The molecule has 0 bridgehead atoms. The number of rotatable bonds is 3. The molecular weight excluding hydrogens is 271 g/mol. The molecule has 1 heterocycles. The molecule has 0 amide bonds. The molecule has 20 heavy (non-hydrogen) atoms. The third kappa shape index (κ3) is 2.73. The SMILES string of the molecule is CC(C)N1c2cc(C(F)(F)F)ccc2CC1CC(=O)O. The second-order valence-corrected chi connectivity index (χ2v) is 5.30. The fourth-order valence-electron chi connectivity index (χ4n) is 2.77. The Morgan fingerprint density at radius 3 is 2.60 bits per heavy atom. The van der Waals surface area contributed by atoms with Crippen LogP contribution in [0, 0.1) is 0 Å². The lowest BCUT2D eigenvalue weighted by Crippen LogP contribution is -2.39. The zero-order valence-electron chi connectivity index (χ0n) is 11.2. The van der Waals surface area contributed by atoms with Gasteiger partial charge in [-0.3, -0.25) is 4.79 Å². The third-order valence-electron chi connectivity index (χ3n) is 3.51. The maximum Gasteiger partial charge on any atom is 0.416 e. The van der Waals surface area contributed by atoms with Crippen LogP contribution in [-0.4, -0.2) is 23.2 Å². The smallest absolute Gasteiger partial charge is 0.416 e. The standard InChI is InChI=1S/C14H16F3NO2/c1-8(2)18-11(7-13(19)20)5-9-3-4-10(6-12(9)18)14(15,16)17/h3-4,6,8,11H,5,7H2,1-2H3,(H,19,20). The molecule has 1 atom stereocenters. The molecule has 3 nitrogen and oxygen atoms in total. The molecule has 1 N–H and O–H groups in total. The second-order valence-electron chi connectivity index (χ2n) is 5.30. The van der Waals surface area contributed by atoms with Gasteiger partial charge in [-0.15, -0.1) is 0 Å². The van der Waals surface area contributed by atoms with Gasteiger partial charge >= 0.3 is 12.1 Å². The number of carbonyl (C=O) groups is 1. The third-order valence-corrected chi connectivity index (χ3v) is 3.51. The van der Waals surface area contributed by atoms with Crippen molar-refractivity contribution in [3.8, 4) is 0 Å². The first-order chi connectivity index (χ1) is 9.20. The van der Waals surface area contributed by atoms with Gasteiger partial charge in [-0.2, -0.15) is 13.2 Å². The summed E-state index contributed by atoms with van der Waals surface area (Å²) < 4.78 is 38.3. The normalized spacial score (nSPS) is 18.5. The molecule has 1 unspecified atom stereocenters. The fourth-order valence-corrected chi connectivity index (χ4v) is 2.77. The maximum atomic E-state index is 12.8. The molecule has 1 aliphatic rings. The molecule has 6 heteroatoms. The molecule has 0 aliphatic carbocycles. The molecule has 1 aliphatic heterocycles. The van der Waals surface area contributed by atoms with E-state index in [1.54, 1.807) is 4.90 Å². The highest BCUT2D eigenvalue weighted by molar-refractivity contribution is 5.71. The van der Waals surface area contributed by atoms with E-state index < -0.39 is 17.7 Å². The predicted octanol–water partition coefficient (Wildman–Crippen LogP) is 3.32. The summed E-state index contributed by atoms with van der Waals surface area (Å²) in [5, 5.41) is 8.93. The van der Waals surface area contributed by atoms with Gasteiger partial charge < -0.3 is 10.0 Å². The van der Waals surface area contributed by atoms with Crippen molar-refractivity contribution in [1.29, 1.82) is 0 Å². The Morgan fingerprint density at radius 1 is 1.45 bits per heavy atom. The number of halogens is 3. The largest absolute Gasteiger partial charge is 0.481 e. The lowest BCUT2D eigenvalue weighted by Gasteiger charge is -2.31. The minimum Gasteiger partial charge on any atom is -0.481 e. The molecule has 0 aromatic heterocycles. The van der Waals surface area contributed by atoms with Gasteiger partial charge in [0.1, 0.15) is 0 Å². The number of fused-ring (bicyclic) bond motifs is 1. The monoisotopic (exact) mass is 287 g/mol. The summed E-state index contributed by atoms with van der Waals surface area (Å²) in [5.74, 6) is -0.940. The lowest BCUT2D eigenvalue weighted by atomic mass is 10.1. The van der Waals surface area contributed by atoms with Crippen molar-refractivity contribution < 1.29 is 23.1 Å². The van der Waals surface area contributed by atoms with Crippen LogP contribution in [0.5, 0.6) is 0 Å². The highest BCUT2D eigenvalue weighted by Crippen LogP contribution is 2.39. The number of hydrogen-bond acceptors (Lipinski definition) is 2. The molecule has 0 saturated carbocycles. The topological polar surface area (TPSA) is 40.5 Å². The van der Waals surface area contributed by atoms with Gasteiger partial charge in [0.25, 0.3) is 0 Å². The molecule has 0 spiro atoms. The van der Waals surface area contributed by atoms with Gasteiger partial charge in [0.05, 0.1) is 12.0 Å². The molecule has 0 fully saturated rings. The molecule has 110 valence electrons. The van der Waals surface area contributed by atoms with Crippen LogP contribution >= 0.6 is 0 Å². The Bertz CT molecular complexity index is 526. The fraction of sp³-hybridized carbons (Fsp3) is 0.500. The minimum absolute atomic E-state index is 0.0518. The zero-order chi connectivity index (χ0) is 15.1. The first-order valence-corrected chi connectivity index (χ1v) is 6.40. The first kappa shape index (κ1) is 14.7. The van der Waals surface area contributed by atoms with E-state index in [2.05, 4.69) is 0 Å². The van der Waals surface area contributed by atoms with E-state index in [-0.39, 0.29) is 18.5 Å². The van der Waals surface area contributed by atoms with Gasteiger partial charge in [0.2, 0.25) is 0 Å².